The first-order valence-electron chi connectivity index (χ1n) is 9.28. The van der Waals surface area contributed by atoms with Gasteiger partial charge in [0.25, 0.3) is 0 Å². The second-order valence-corrected chi connectivity index (χ2v) is 10.5. The molecule has 1 aromatic carbocycles. The number of nitrogens with zero attached hydrogens (tertiary/aromatic N) is 5. The number of piperidine rings is 1. The van der Waals surface area contributed by atoms with Crippen LogP contribution in [0.5, 0.6) is 0 Å². The number of halogens is 1. The van der Waals surface area contributed by atoms with Crippen molar-refractivity contribution in [2.45, 2.75) is 48.5 Å². The van der Waals surface area contributed by atoms with Gasteiger partial charge in [0.05, 0.1) is 22.4 Å². The molecule has 2 unspecified atom stereocenters. The van der Waals surface area contributed by atoms with Gasteiger partial charge in [-0.05, 0) is 43.5 Å². The van der Waals surface area contributed by atoms with Crippen LogP contribution in [0.1, 0.15) is 32.2 Å². The molecule has 0 bridgehead atoms. The van der Waals surface area contributed by atoms with Gasteiger partial charge in [-0.15, -0.1) is 11.8 Å². The van der Waals surface area contributed by atoms with Crippen LogP contribution in [0.15, 0.2) is 33.8 Å². The van der Waals surface area contributed by atoms with Gasteiger partial charge in [-0.3, -0.25) is 0 Å². The number of sulfonamides is 1. The summed E-state index contributed by atoms with van der Waals surface area (Å²) < 4.78 is 32.8. The van der Waals surface area contributed by atoms with E-state index in [-0.39, 0.29) is 22.4 Å². The van der Waals surface area contributed by atoms with Crippen molar-refractivity contribution in [1.29, 1.82) is 5.26 Å². The molecule has 8 nitrogen and oxygen atoms in total. The molecule has 28 heavy (non-hydrogen) atoms. The molecule has 2 aliphatic heterocycles. The quantitative estimate of drug-likeness (QED) is 0.706. The van der Waals surface area contributed by atoms with Crippen LogP contribution in [0.4, 0.5) is 0 Å². The van der Waals surface area contributed by atoms with E-state index in [9.17, 15) is 13.7 Å². The van der Waals surface area contributed by atoms with Crippen LogP contribution in [0.2, 0.25) is 5.02 Å². The van der Waals surface area contributed by atoms with E-state index in [1.54, 1.807) is 33.7 Å². The number of thioether (sulfide) groups is 1. The van der Waals surface area contributed by atoms with Crippen molar-refractivity contribution in [3.05, 3.63) is 29.3 Å². The standard InChI is InChI=1S/C17H22ClN5O3S2/c1-2-17-21(15(11-19)12-27-17)23-22(26-23)14-7-9-20(10-8-14)28(24,25)16-5-3-13(18)4-6-16/h3-6,14-15,17H,2,7-10,12H2,1H3. The Morgan fingerprint density at radius 1 is 1.29 bits per heavy atom. The number of rotatable bonds is 5. The molecular formula is C17H22ClN5O3S2. The van der Waals surface area contributed by atoms with E-state index in [0.29, 0.717) is 31.0 Å². The van der Waals surface area contributed by atoms with Crippen molar-refractivity contribution in [3.8, 4) is 6.07 Å². The van der Waals surface area contributed by atoms with E-state index in [0.717, 1.165) is 12.2 Å². The molecular weight excluding hydrogens is 422 g/mol. The summed E-state index contributed by atoms with van der Waals surface area (Å²) in [7, 11) is -3.52. The summed E-state index contributed by atoms with van der Waals surface area (Å²) in [6, 6.07) is 8.48. The monoisotopic (exact) mass is 443 g/mol. The van der Waals surface area contributed by atoms with E-state index in [1.807, 2.05) is 5.01 Å². The maximum Gasteiger partial charge on any atom is 0.243 e. The molecule has 3 heterocycles. The van der Waals surface area contributed by atoms with E-state index in [2.05, 4.69) is 13.0 Å². The predicted molar refractivity (Wildman–Crippen MR) is 107 cm³/mol. The van der Waals surface area contributed by atoms with Crippen molar-refractivity contribution in [2.75, 3.05) is 23.9 Å². The lowest BCUT2D eigenvalue weighted by Crippen LogP contribution is -2.43. The van der Waals surface area contributed by atoms with Gasteiger partial charge in [-0.25, -0.2) is 18.1 Å². The summed E-state index contributed by atoms with van der Waals surface area (Å²) in [6.45, 7) is 2.95. The maximum absolute atomic E-state index is 12.8. The van der Waals surface area contributed by atoms with Gasteiger partial charge in [0.15, 0.2) is 0 Å². The van der Waals surface area contributed by atoms with E-state index < -0.39 is 10.0 Å². The van der Waals surface area contributed by atoms with Gasteiger partial charge in [0, 0.05) is 28.8 Å². The molecule has 2 aliphatic rings. The molecule has 0 amide bonds. The Balaban J connectivity index is 1.41. The van der Waals surface area contributed by atoms with E-state index in [1.165, 1.54) is 16.4 Å². The molecule has 0 aliphatic carbocycles. The predicted octanol–water partition coefficient (Wildman–Crippen LogP) is 2.87. The fourth-order valence-corrected chi connectivity index (χ4v) is 6.50. The average molecular weight is 444 g/mol. The molecule has 2 saturated heterocycles. The third-order valence-corrected chi connectivity index (χ3v) is 8.85. The van der Waals surface area contributed by atoms with Crippen molar-refractivity contribution in [1.82, 2.24) is 14.1 Å². The summed E-state index contributed by atoms with van der Waals surface area (Å²) in [6.07, 6.45) is 2.25. The first-order valence-corrected chi connectivity index (χ1v) is 12.1. The van der Waals surface area contributed by atoms with Crippen LogP contribution in [-0.2, 0) is 10.0 Å². The Bertz CT molecular complexity index is 950. The lowest BCUT2D eigenvalue weighted by atomic mass is 10.1. The fourth-order valence-electron chi connectivity index (χ4n) is 3.65. The van der Waals surface area contributed by atoms with Gasteiger partial charge < -0.3 is 0 Å². The second kappa shape index (κ2) is 7.71. The molecule has 0 saturated carbocycles. The SMILES string of the molecule is CCC1SCC(C#N)N1n1on1C1CCN(S(=O)(=O)c2ccc(Cl)cc2)CC1. The highest BCUT2D eigenvalue weighted by molar-refractivity contribution is 8.00. The smallest absolute Gasteiger partial charge is 0.233 e. The number of hydrogen-bond acceptors (Lipinski definition) is 6. The van der Waals surface area contributed by atoms with Gasteiger partial charge in [-0.1, -0.05) is 23.4 Å². The van der Waals surface area contributed by atoms with Gasteiger partial charge in [-0.2, -0.15) is 9.57 Å². The molecule has 0 N–H and O–H groups in total. The van der Waals surface area contributed by atoms with Gasteiger partial charge >= 0.3 is 0 Å². The van der Waals surface area contributed by atoms with Crippen molar-refractivity contribution < 1.29 is 13.0 Å². The average Bonchev–Trinajstić information content (AvgIpc) is 3.39. The van der Waals surface area contributed by atoms with Crippen LogP contribution in [0.3, 0.4) is 0 Å². The Hall–Kier alpha value is -1.54. The van der Waals surface area contributed by atoms with Crippen LogP contribution in [-0.4, -0.2) is 52.8 Å². The minimum absolute atomic E-state index is 0.0964. The second-order valence-electron chi connectivity index (χ2n) is 6.95. The summed E-state index contributed by atoms with van der Waals surface area (Å²) in [4.78, 5) is 3.73. The van der Waals surface area contributed by atoms with Crippen LogP contribution >= 0.6 is 23.4 Å². The summed E-state index contributed by atoms with van der Waals surface area (Å²) in [5.74, 6) is 0.764. The zero-order chi connectivity index (χ0) is 19.9. The largest absolute Gasteiger partial charge is 0.243 e. The molecule has 2 fully saturated rings. The molecule has 2 atom stereocenters. The number of aromatic nitrogens is 2. The molecule has 2 aromatic rings. The molecule has 152 valence electrons. The summed E-state index contributed by atoms with van der Waals surface area (Å²) in [5, 5.41) is 12.1. The third kappa shape index (κ3) is 3.56. The molecule has 1 aromatic heterocycles. The highest BCUT2D eigenvalue weighted by Gasteiger charge is 2.41. The Morgan fingerprint density at radius 2 is 1.96 bits per heavy atom. The summed E-state index contributed by atoms with van der Waals surface area (Å²) >= 11 is 7.62. The van der Waals surface area contributed by atoms with Gasteiger partial charge in [0.1, 0.15) is 6.04 Å². The minimum Gasteiger partial charge on any atom is -0.233 e. The summed E-state index contributed by atoms with van der Waals surface area (Å²) in [5.41, 5.74) is 0. The fraction of sp³-hybridized carbons (Fsp3) is 0.588. The first kappa shape index (κ1) is 19.8. The lowest BCUT2D eigenvalue weighted by molar-refractivity contribution is 0.238. The zero-order valence-corrected chi connectivity index (χ0v) is 17.8. The molecule has 11 heteroatoms. The molecule has 4 rings (SSSR count). The lowest BCUT2D eigenvalue weighted by Gasteiger charge is -2.29. The minimum atomic E-state index is -3.52. The van der Waals surface area contributed by atoms with Crippen LogP contribution < -0.4 is 5.01 Å². The van der Waals surface area contributed by atoms with Crippen molar-refractivity contribution >= 4 is 33.4 Å². The highest BCUT2D eigenvalue weighted by atomic mass is 35.5. The van der Waals surface area contributed by atoms with Crippen LogP contribution in [0, 0.1) is 11.3 Å². The Morgan fingerprint density at radius 3 is 2.57 bits per heavy atom. The van der Waals surface area contributed by atoms with E-state index in [4.69, 9.17) is 16.2 Å². The normalized spacial score (nSPS) is 24.7. The first-order chi connectivity index (χ1) is 13.5. The third-order valence-electron chi connectivity index (χ3n) is 5.24. The molecule has 0 spiro atoms. The Labute approximate surface area is 173 Å². The molecule has 0 radical (unpaired) electrons. The van der Waals surface area contributed by atoms with E-state index >= 15 is 0 Å². The number of benzene rings is 1. The maximum atomic E-state index is 12.8. The van der Waals surface area contributed by atoms with Gasteiger partial charge in [0.2, 0.25) is 10.0 Å². The number of hydrogen-bond donors (Lipinski definition) is 0. The van der Waals surface area contributed by atoms with Crippen LogP contribution in [0.25, 0.3) is 0 Å². The van der Waals surface area contributed by atoms with Crippen molar-refractivity contribution in [2.24, 2.45) is 0 Å². The zero-order valence-electron chi connectivity index (χ0n) is 15.4. The Kier molecular flexibility index (Phi) is 5.44. The van der Waals surface area contributed by atoms with Crippen molar-refractivity contribution in [3.63, 3.8) is 0 Å². The highest BCUT2D eigenvalue weighted by Crippen LogP contribution is 2.34. The number of nitriles is 1. The topological polar surface area (TPSA) is 87.4 Å².